The summed E-state index contributed by atoms with van der Waals surface area (Å²) in [6.07, 6.45) is -11.2. The van der Waals surface area contributed by atoms with Gasteiger partial charge in [0.05, 0.1) is 18.1 Å². The Morgan fingerprint density at radius 1 is 0.829 bits per heavy atom. The number of sulfone groups is 1. The van der Waals surface area contributed by atoms with Gasteiger partial charge in [0, 0.05) is 11.1 Å². The topological polar surface area (TPSA) is 47.7 Å². The average Bonchev–Trinajstić information content (AvgIpc) is 3.41. The van der Waals surface area contributed by atoms with Crippen LogP contribution in [0.25, 0.3) is 4.85 Å². The summed E-state index contributed by atoms with van der Waals surface area (Å²) in [5, 5.41) is 0. The van der Waals surface area contributed by atoms with Crippen LogP contribution in [-0.4, -0.2) is 20.8 Å². The molecule has 4 rings (SSSR count). The van der Waals surface area contributed by atoms with Gasteiger partial charge < -0.3 is 4.74 Å². The molecule has 0 spiro atoms. The van der Waals surface area contributed by atoms with Gasteiger partial charge >= 0.3 is 12.4 Å². The molecule has 0 atom stereocenters. The van der Waals surface area contributed by atoms with Gasteiger partial charge in [0.15, 0.2) is 15.5 Å². The van der Waals surface area contributed by atoms with Gasteiger partial charge in [-0.25, -0.2) is 22.0 Å². The summed E-state index contributed by atoms with van der Waals surface area (Å²) < 4.78 is 144. The van der Waals surface area contributed by atoms with Crippen molar-refractivity contribution in [2.75, 3.05) is 0 Å². The Morgan fingerprint density at radius 3 is 1.88 bits per heavy atom. The first kappa shape index (κ1) is 30.5. The Labute approximate surface area is 230 Å². The maximum atomic E-state index is 14.3. The number of halogens is 8. The molecule has 0 amide bonds. The normalized spacial score (nSPS) is 16.0. The molecule has 0 heterocycles. The lowest BCUT2D eigenvalue weighted by molar-refractivity contribution is -0.392. The molecule has 1 saturated carbocycles. The fraction of sp³-hybridized carbons (Fsp3) is 0.321. The molecule has 218 valence electrons. The van der Waals surface area contributed by atoms with Crippen LogP contribution in [0.3, 0.4) is 0 Å². The van der Waals surface area contributed by atoms with Gasteiger partial charge in [0.25, 0.3) is 5.60 Å². The number of rotatable bonds is 7. The third-order valence-corrected chi connectivity index (χ3v) is 9.84. The SMILES string of the molecule is [C-]#[N+]c1ccc(COC(c2ccc(C3(S(=O)(=O)c4ccc(F)cc4)CCCC3)cc2)(C(F)(F)F)C(F)(F)F)c(F)c1. The second-order valence-corrected chi connectivity index (χ2v) is 11.8. The predicted molar refractivity (Wildman–Crippen MR) is 131 cm³/mol. The molecule has 0 aromatic heterocycles. The van der Waals surface area contributed by atoms with Crippen LogP contribution < -0.4 is 0 Å². The number of hydrogen-bond acceptors (Lipinski definition) is 3. The van der Waals surface area contributed by atoms with Gasteiger partial charge in [-0.15, -0.1) is 0 Å². The Bertz CT molecular complexity index is 1540. The minimum atomic E-state index is -6.06. The summed E-state index contributed by atoms with van der Waals surface area (Å²) in [5.74, 6) is -1.91. The van der Waals surface area contributed by atoms with E-state index in [9.17, 15) is 43.5 Å². The quantitative estimate of drug-likeness (QED) is 0.155. The number of nitrogens with zero attached hydrogens (tertiary/aromatic N) is 1. The van der Waals surface area contributed by atoms with Crippen molar-refractivity contribution in [1.82, 2.24) is 0 Å². The summed E-state index contributed by atoms with van der Waals surface area (Å²) in [6, 6.07) is 9.32. The largest absolute Gasteiger partial charge is 0.430 e. The molecule has 1 fully saturated rings. The average molecular weight is 604 g/mol. The lowest BCUT2D eigenvalue weighted by Crippen LogP contribution is -2.55. The molecule has 0 N–H and O–H groups in total. The van der Waals surface area contributed by atoms with E-state index >= 15 is 0 Å². The van der Waals surface area contributed by atoms with Crippen molar-refractivity contribution >= 4 is 15.5 Å². The zero-order valence-corrected chi connectivity index (χ0v) is 21.8. The van der Waals surface area contributed by atoms with Gasteiger partial charge in [-0.2, -0.15) is 26.3 Å². The summed E-state index contributed by atoms with van der Waals surface area (Å²) in [4.78, 5) is 2.71. The molecule has 0 saturated heterocycles. The maximum Gasteiger partial charge on any atom is 0.430 e. The Hall–Kier alpha value is -3.50. The van der Waals surface area contributed by atoms with Crippen molar-refractivity contribution < 1.29 is 48.3 Å². The lowest BCUT2D eigenvalue weighted by atomic mass is 9.88. The van der Waals surface area contributed by atoms with Crippen molar-refractivity contribution in [1.29, 1.82) is 0 Å². The molecular weight excluding hydrogens is 582 g/mol. The van der Waals surface area contributed by atoms with Crippen LogP contribution in [0.2, 0.25) is 0 Å². The maximum absolute atomic E-state index is 14.3. The van der Waals surface area contributed by atoms with Crippen molar-refractivity contribution in [3.63, 3.8) is 0 Å². The van der Waals surface area contributed by atoms with E-state index in [2.05, 4.69) is 9.58 Å². The van der Waals surface area contributed by atoms with Crippen LogP contribution >= 0.6 is 0 Å². The molecule has 41 heavy (non-hydrogen) atoms. The highest BCUT2D eigenvalue weighted by Gasteiger charge is 2.73. The highest BCUT2D eigenvalue weighted by atomic mass is 32.2. The summed E-state index contributed by atoms with van der Waals surface area (Å²) in [5.41, 5.74) is -7.14. The smallest absolute Gasteiger partial charge is 0.349 e. The fourth-order valence-corrected chi connectivity index (χ4v) is 7.37. The van der Waals surface area contributed by atoms with E-state index < -0.39 is 61.9 Å². The Morgan fingerprint density at radius 2 is 1.39 bits per heavy atom. The molecule has 1 aliphatic rings. The van der Waals surface area contributed by atoms with Gasteiger partial charge in [-0.3, -0.25) is 0 Å². The molecule has 0 bridgehead atoms. The van der Waals surface area contributed by atoms with E-state index in [4.69, 9.17) is 6.57 Å². The minimum absolute atomic E-state index is 0.0258. The van der Waals surface area contributed by atoms with Crippen LogP contribution in [0.4, 0.5) is 40.8 Å². The first-order valence-corrected chi connectivity index (χ1v) is 13.6. The Balaban J connectivity index is 1.79. The van der Waals surface area contributed by atoms with Crippen molar-refractivity contribution in [3.05, 3.63) is 106 Å². The molecule has 3 aromatic rings. The van der Waals surface area contributed by atoms with Crippen LogP contribution in [-0.2, 0) is 31.5 Å². The van der Waals surface area contributed by atoms with E-state index in [1.165, 1.54) is 0 Å². The van der Waals surface area contributed by atoms with E-state index in [0.717, 1.165) is 48.5 Å². The van der Waals surface area contributed by atoms with Crippen LogP contribution in [0, 0.1) is 18.2 Å². The number of hydrogen-bond donors (Lipinski definition) is 0. The van der Waals surface area contributed by atoms with Gasteiger partial charge in [0.1, 0.15) is 16.4 Å². The van der Waals surface area contributed by atoms with E-state index in [0.29, 0.717) is 31.0 Å². The lowest BCUT2D eigenvalue weighted by Gasteiger charge is -2.38. The van der Waals surface area contributed by atoms with Crippen LogP contribution in [0.5, 0.6) is 0 Å². The molecular formula is C28H21F8NO3S. The van der Waals surface area contributed by atoms with Gasteiger partial charge in [0.2, 0.25) is 0 Å². The molecule has 0 aliphatic heterocycles. The summed E-state index contributed by atoms with van der Waals surface area (Å²) >= 11 is 0. The highest BCUT2D eigenvalue weighted by Crippen LogP contribution is 2.54. The molecule has 4 nitrogen and oxygen atoms in total. The second kappa shape index (κ2) is 10.7. The van der Waals surface area contributed by atoms with Crippen molar-refractivity contribution in [2.24, 2.45) is 0 Å². The summed E-state index contributed by atoms with van der Waals surface area (Å²) in [7, 11) is -4.24. The molecule has 3 aromatic carbocycles. The van der Waals surface area contributed by atoms with E-state index in [-0.39, 0.29) is 29.0 Å². The second-order valence-electron chi connectivity index (χ2n) is 9.59. The van der Waals surface area contributed by atoms with E-state index in [1.807, 2.05) is 0 Å². The zero-order chi connectivity index (χ0) is 30.3. The minimum Gasteiger partial charge on any atom is -0.349 e. The van der Waals surface area contributed by atoms with Crippen molar-refractivity contribution in [2.45, 2.75) is 59.9 Å². The van der Waals surface area contributed by atoms with Crippen LogP contribution in [0.15, 0.2) is 71.6 Å². The molecule has 13 heteroatoms. The third kappa shape index (κ3) is 5.19. The van der Waals surface area contributed by atoms with Gasteiger partial charge in [-0.1, -0.05) is 49.2 Å². The molecule has 0 unspecified atom stereocenters. The molecule has 1 aliphatic carbocycles. The van der Waals surface area contributed by atoms with Crippen LogP contribution in [0.1, 0.15) is 42.4 Å². The first-order chi connectivity index (χ1) is 19.1. The predicted octanol–water partition coefficient (Wildman–Crippen LogP) is 8.30. The first-order valence-electron chi connectivity index (χ1n) is 12.1. The summed E-state index contributed by atoms with van der Waals surface area (Å²) in [6.45, 7) is 5.42. The fourth-order valence-electron chi connectivity index (χ4n) is 5.15. The monoisotopic (exact) mass is 603 g/mol. The van der Waals surface area contributed by atoms with E-state index in [1.54, 1.807) is 0 Å². The standard InChI is InChI=1S/C28H21F8NO3S/c1-37-22-11-4-18(24(30)16-22)17-40-26(27(31,32)33,28(34,35)36)20-7-5-19(6-8-20)25(14-2-3-15-25)41(38,39)23-12-9-21(29)10-13-23/h4-13,16H,2-3,14-15,17H2. The number of benzene rings is 3. The number of ether oxygens (including phenoxy) is 1. The van der Waals surface area contributed by atoms with Gasteiger partial charge in [-0.05, 0) is 48.7 Å². The third-order valence-electron chi connectivity index (χ3n) is 7.28. The zero-order valence-electron chi connectivity index (χ0n) is 21.0. The Kier molecular flexibility index (Phi) is 7.97. The highest BCUT2D eigenvalue weighted by molar-refractivity contribution is 7.92. The molecule has 0 radical (unpaired) electrons. The van der Waals surface area contributed by atoms with Crippen molar-refractivity contribution in [3.8, 4) is 0 Å². The number of alkyl halides is 6.